The van der Waals surface area contributed by atoms with E-state index < -0.39 is 12.0 Å². The third kappa shape index (κ3) is 2.38. The lowest BCUT2D eigenvalue weighted by Crippen LogP contribution is -2.38. The summed E-state index contributed by atoms with van der Waals surface area (Å²) in [5, 5.41) is 13.3. The molecule has 2 rings (SSSR count). The van der Waals surface area contributed by atoms with Crippen molar-refractivity contribution in [2.24, 2.45) is 7.05 Å². The largest absolute Gasteiger partial charge is 0.480 e. The summed E-state index contributed by atoms with van der Waals surface area (Å²) in [6, 6.07) is 7.53. The van der Waals surface area contributed by atoms with Crippen molar-refractivity contribution in [3.05, 3.63) is 36.0 Å². The third-order valence-corrected chi connectivity index (χ3v) is 3.15. The van der Waals surface area contributed by atoms with Crippen molar-refractivity contribution in [3.8, 4) is 0 Å². The van der Waals surface area contributed by atoms with E-state index in [1.165, 1.54) is 0 Å². The van der Waals surface area contributed by atoms with Crippen molar-refractivity contribution < 1.29 is 9.90 Å². The number of aromatic nitrogens is 1. The molecule has 0 aliphatic carbocycles. The minimum atomic E-state index is -0.801. The number of carboxylic acids is 1. The molecule has 0 fully saturated rings. The number of para-hydroxylation sites is 1. The van der Waals surface area contributed by atoms with E-state index in [4.69, 9.17) is 0 Å². The van der Waals surface area contributed by atoms with Crippen LogP contribution in [-0.4, -0.2) is 28.2 Å². The van der Waals surface area contributed by atoms with Gasteiger partial charge in [-0.2, -0.15) is 0 Å². The molecule has 0 saturated carbocycles. The lowest BCUT2D eigenvalue weighted by Gasteiger charge is -2.12. The first-order chi connectivity index (χ1) is 8.63. The number of nitrogens with one attached hydrogen (secondary N) is 1. The topological polar surface area (TPSA) is 54.3 Å². The van der Waals surface area contributed by atoms with E-state index in [9.17, 15) is 9.90 Å². The summed E-state index contributed by atoms with van der Waals surface area (Å²) in [6.45, 7) is 2.57. The molecule has 0 aliphatic rings. The van der Waals surface area contributed by atoms with Gasteiger partial charge in [0.1, 0.15) is 6.04 Å². The highest BCUT2D eigenvalue weighted by Crippen LogP contribution is 2.21. The van der Waals surface area contributed by atoms with Crippen LogP contribution >= 0.6 is 0 Å². The summed E-state index contributed by atoms with van der Waals surface area (Å²) in [5.74, 6) is -0.801. The Morgan fingerprint density at radius 1 is 1.44 bits per heavy atom. The molecule has 0 bridgehead atoms. The maximum absolute atomic E-state index is 11.2. The maximum Gasteiger partial charge on any atom is 0.321 e. The highest BCUT2D eigenvalue weighted by atomic mass is 16.4. The second-order valence-electron chi connectivity index (χ2n) is 4.44. The summed E-state index contributed by atoms with van der Waals surface area (Å²) < 4.78 is 2.04. The van der Waals surface area contributed by atoms with E-state index >= 15 is 0 Å². The number of hydrogen-bond donors (Lipinski definition) is 2. The van der Waals surface area contributed by atoms with Gasteiger partial charge in [-0.05, 0) is 18.2 Å². The monoisotopic (exact) mass is 246 g/mol. The molecule has 96 valence electrons. The molecule has 4 heteroatoms. The van der Waals surface area contributed by atoms with Gasteiger partial charge in [-0.1, -0.05) is 25.1 Å². The minimum Gasteiger partial charge on any atom is -0.480 e. The number of hydrogen-bond acceptors (Lipinski definition) is 2. The Kier molecular flexibility index (Phi) is 3.67. The average molecular weight is 246 g/mol. The van der Waals surface area contributed by atoms with Gasteiger partial charge in [-0.15, -0.1) is 0 Å². The second kappa shape index (κ2) is 5.23. The molecule has 1 aromatic heterocycles. The van der Waals surface area contributed by atoms with Gasteiger partial charge in [0.2, 0.25) is 0 Å². The molecule has 18 heavy (non-hydrogen) atoms. The normalized spacial score (nSPS) is 12.8. The van der Waals surface area contributed by atoms with Crippen molar-refractivity contribution >= 4 is 16.9 Å². The van der Waals surface area contributed by atoms with E-state index in [1.807, 2.05) is 49.0 Å². The molecule has 1 aromatic carbocycles. The molecule has 0 saturated heterocycles. The Labute approximate surface area is 106 Å². The standard InChI is InChI=1S/C14H18N2O2/c1-3-15-12(14(17)18)8-10-9-16(2)13-7-5-4-6-11(10)13/h4-7,9,12,15H,3,8H2,1-2H3,(H,17,18)/t12-/m1/s1. The highest BCUT2D eigenvalue weighted by molar-refractivity contribution is 5.85. The molecule has 0 aliphatic heterocycles. The molecular weight excluding hydrogens is 228 g/mol. The number of carboxylic acid groups (broad SMARTS) is 1. The molecule has 2 N–H and O–H groups in total. The molecule has 0 unspecified atom stereocenters. The predicted molar refractivity (Wildman–Crippen MR) is 71.7 cm³/mol. The average Bonchev–Trinajstić information content (AvgIpc) is 2.66. The van der Waals surface area contributed by atoms with Crippen LogP contribution in [0, 0.1) is 0 Å². The van der Waals surface area contributed by atoms with Crippen LogP contribution in [0.2, 0.25) is 0 Å². The Balaban J connectivity index is 2.33. The number of likely N-dealkylation sites (N-methyl/N-ethyl adjacent to an activating group) is 1. The van der Waals surface area contributed by atoms with Gasteiger partial charge >= 0.3 is 5.97 Å². The summed E-state index contributed by atoms with van der Waals surface area (Å²) >= 11 is 0. The van der Waals surface area contributed by atoms with Crippen molar-refractivity contribution in [2.75, 3.05) is 6.54 Å². The number of rotatable bonds is 5. The van der Waals surface area contributed by atoms with Crippen LogP contribution in [0.5, 0.6) is 0 Å². The van der Waals surface area contributed by atoms with Crippen molar-refractivity contribution in [3.63, 3.8) is 0 Å². The molecule has 0 spiro atoms. The Bertz CT molecular complexity index is 560. The van der Waals surface area contributed by atoms with Gasteiger partial charge in [0.25, 0.3) is 0 Å². The second-order valence-corrected chi connectivity index (χ2v) is 4.44. The van der Waals surface area contributed by atoms with Gasteiger partial charge in [-0.25, -0.2) is 0 Å². The zero-order chi connectivity index (χ0) is 13.1. The quantitative estimate of drug-likeness (QED) is 0.845. The summed E-state index contributed by atoms with van der Waals surface area (Å²) in [5.41, 5.74) is 2.20. The van der Waals surface area contributed by atoms with E-state index in [2.05, 4.69) is 5.32 Å². The van der Waals surface area contributed by atoms with Gasteiger partial charge in [0.05, 0.1) is 0 Å². The van der Waals surface area contributed by atoms with Crippen LogP contribution in [0.25, 0.3) is 10.9 Å². The van der Waals surface area contributed by atoms with E-state index in [0.29, 0.717) is 13.0 Å². The fourth-order valence-corrected chi connectivity index (χ4v) is 2.30. The number of benzene rings is 1. The molecule has 2 aromatic rings. The molecule has 1 atom stereocenters. The molecule has 0 amide bonds. The minimum absolute atomic E-state index is 0.504. The predicted octanol–water partition coefficient (Wildman–Crippen LogP) is 1.78. The van der Waals surface area contributed by atoms with Crippen LogP contribution in [0.1, 0.15) is 12.5 Å². The van der Waals surface area contributed by atoms with Crippen LogP contribution in [0.3, 0.4) is 0 Å². The Hall–Kier alpha value is -1.81. The molecule has 1 heterocycles. The van der Waals surface area contributed by atoms with Gasteiger partial charge in [-0.3, -0.25) is 4.79 Å². The Morgan fingerprint density at radius 2 is 2.17 bits per heavy atom. The highest BCUT2D eigenvalue weighted by Gasteiger charge is 2.18. The fraction of sp³-hybridized carbons (Fsp3) is 0.357. The molecule has 0 radical (unpaired) electrons. The number of nitrogens with zero attached hydrogens (tertiary/aromatic N) is 1. The first kappa shape index (κ1) is 12.6. The van der Waals surface area contributed by atoms with Crippen molar-refractivity contribution in [2.45, 2.75) is 19.4 Å². The molecule has 4 nitrogen and oxygen atoms in total. The summed E-state index contributed by atoms with van der Waals surface area (Å²) in [4.78, 5) is 11.2. The van der Waals surface area contributed by atoms with Crippen LogP contribution in [-0.2, 0) is 18.3 Å². The number of aliphatic carboxylic acids is 1. The van der Waals surface area contributed by atoms with Crippen LogP contribution in [0.15, 0.2) is 30.5 Å². The van der Waals surface area contributed by atoms with Crippen molar-refractivity contribution in [1.82, 2.24) is 9.88 Å². The summed E-state index contributed by atoms with van der Waals surface area (Å²) in [6.07, 6.45) is 2.52. The van der Waals surface area contributed by atoms with Gasteiger partial charge in [0, 0.05) is 30.6 Å². The zero-order valence-electron chi connectivity index (χ0n) is 10.7. The first-order valence-corrected chi connectivity index (χ1v) is 6.12. The first-order valence-electron chi connectivity index (χ1n) is 6.12. The van der Waals surface area contributed by atoms with E-state index in [-0.39, 0.29) is 0 Å². The zero-order valence-corrected chi connectivity index (χ0v) is 10.7. The lowest BCUT2D eigenvalue weighted by molar-refractivity contribution is -0.139. The number of fused-ring (bicyclic) bond motifs is 1. The fourth-order valence-electron chi connectivity index (χ4n) is 2.30. The molecular formula is C14H18N2O2. The van der Waals surface area contributed by atoms with Crippen molar-refractivity contribution in [1.29, 1.82) is 0 Å². The van der Waals surface area contributed by atoms with Crippen LogP contribution in [0.4, 0.5) is 0 Å². The van der Waals surface area contributed by atoms with Gasteiger partial charge in [0.15, 0.2) is 0 Å². The number of carbonyl (C=O) groups is 1. The van der Waals surface area contributed by atoms with Gasteiger partial charge < -0.3 is 15.0 Å². The third-order valence-electron chi connectivity index (χ3n) is 3.15. The Morgan fingerprint density at radius 3 is 2.83 bits per heavy atom. The van der Waals surface area contributed by atoms with Crippen LogP contribution < -0.4 is 5.32 Å². The lowest BCUT2D eigenvalue weighted by atomic mass is 10.1. The smallest absolute Gasteiger partial charge is 0.321 e. The maximum atomic E-state index is 11.2. The SMILES string of the molecule is CCN[C@H](Cc1cn(C)c2ccccc12)C(=O)O. The summed E-state index contributed by atoms with van der Waals surface area (Å²) in [7, 11) is 1.98. The van der Waals surface area contributed by atoms with E-state index in [0.717, 1.165) is 16.5 Å². The number of aryl methyl sites for hydroxylation is 1. The van der Waals surface area contributed by atoms with E-state index in [1.54, 1.807) is 0 Å².